The number of aliphatic hydroxyl groups excluding tert-OH is 2. The Morgan fingerprint density at radius 2 is 2.00 bits per heavy atom. The molecule has 0 saturated carbocycles. The summed E-state index contributed by atoms with van der Waals surface area (Å²) in [5, 5.41) is 24.9. The summed E-state index contributed by atoms with van der Waals surface area (Å²) in [6.07, 6.45) is -1.13. The second kappa shape index (κ2) is 4.43. The smallest absolute Gasteiger partial charge is 0.161 e. The molecule has 4 nitrogen and oxygen atoms in total. The summed E-state index contributed by atoms with van der Waals surface area (Å²) >= 11 is 0. The molecule has 0 aromatic rings. The summed E-state index contributed by atoms with van der Waals surface area (Å²) in [4.78, 5) is 9.91. The molecule has 0 amide bonds. The number of carbonyl (C=O) groups is 1. The lowest BCUT2D eigenvalue weighted by atomic mass is 10.1. The molecule has 0 aromatic heterocycles. The van der Waals surface area contributed by atoms with Gasteiger partial charge < -0.3 is 20.1 Å². The largest absolute Gasteiger partial charge is 0.396 e. The van der Waals surface area contributed by atoms with Gasteiger partial charge in [-0.15, -0.1) is 0 Å². The van der Waals surface area contributed by atoms with Crippen molar-refractivity contribution in [2.75, 3.05) is 6.61 Å². The van der Waals surface area contributed by atoms with Crippen molar-refractivity contribution >= 4 is 6.29 Å². The van der Waals surface area contributed by atoms with Crippen LogP contribution < -0.4 is 0 Å². The molecule has 3 N–H and O–H groups in total. The molecule has 0 rings (SSSR count). The van der Waals surface area contributed by atoms with Crippen LogP contribution in [-0.4, -0.2) is 34.5 Å². The van der Waals surface area contributed by atoms with Gasteiger partial charge in [0.2, 0.25) is 0 Å². The highest BCUT2D eigenvalue weighted by Gasteiger charge is 2.13. The van der Waals surface area contributed by atoms with Crippen LogP contribution in [0.5, 0.6) is 0 Å². The fourth-order valence-corrected chi connectivity index (χ4v) is 0.436. The van der Waals surface area contributed by atoms with E-state index in [4.69, 9.17) is 15.3 Å². The quantitative estimate of drug-likeness (QED) is 0.323. The lowest BCUT2D eigenvalue weighted by Crippen LogP contribution is -2.21. The highest BCUT2D eigenvalue weighted by Crippen LogP contribution is 2.01. The molecule has 0 bridgehead atoms. The highest BCUT2D eigenvalue weighted by molar-refractivity contribution is 5.53. The van der Waals surface area contributed by atoms with Gasteiger partial charge in [-0.05, 0) is 6.42 Å². The van der Waals surface area contributed by atoms with Crippen LogP contribution in [0.4, 0.5) is 0 Å². The minimum absolute atomic E-state index is 0.0984. The van der Waals surface area contributed by atoms with E-state index in [2.05, 4.69) is 0 Å². The molecule has 0 radical (unpaired) electrons. The van der Waals surface area contributed by atoms with E-state index in [1.54, 1.807) is 0 Å². The van der Waals surface area contributed by atoms with Crippen LogP contribution in [0.2, 0.25) is 0 Å². The van der Waals surface area contributed by atoms with Gasteiger partial charge in [0.1, 0.15) is 6.29 Å². The van der Waals surface area contributed by atoms with Crippen LogP contribution in [-0.2, 0) is 4.79 Å². The second-order valence-corrected chi connectivity index (χ2v) is 1.73. The number of carbonyl (C=O) groups excluding carboxylic acids is 1. The summed E-state index contributed by atoms with van der Waals surface area (Å²) in [6.45, 7) is -0.207. The van der Waals surface area contributed by atoms with E-state index in [0.717, 1.165) is 0 Å². The molecule has 0 aliphatic heterocycles. The van der Waals surface area contributed by atoms with Crippen LogP contribution in [0.25, 0.3) is 0 Å². The molecule has 0 aliphatic carbocycles. The first-order chi connectivity index (χ1) is 4.22. The Morgan fingerprint density at radius 3 is 2.11 bits per heavy atom. The maximum atomic E-state index is 9.91. The van der Waals surface area contributed by atoms with E-state index in [1.165, 1.54) is 0 Å². The fourth-order valence-electron chi connectivity index (χ4n) is 0.436. The monoisotopic (exact) mass is 134 g/mol. The second-order valence-electron chi connectivity index (χ2n) is 1.73. The van der Waals surface area contributed by atoms with Crippen molar-refractivity contribution in [1.82, 2.24) is 0 Å². The maximum absolute atomic E-state index is 9.91. The Labute approximate surface area is 52.7 Å². The topological polar surface area (TPSA) is 77.8 Å². The summed E-state index contributed by atoms with van der Waals surface area (Å²) < 4.78 is 0. The average molecular weight is 134 g/mol. The molecule has 0 fully saturated rings. The number of aldehydes is 1. The molecular formula is C5H10O4. The minimum Gasteiger partial charge on any atom is -0.396 e. The molecule has 0 aromatic carbocycles. The molecular weight excluding hydrogens is 124 g/mol. The van der Waals surface area contributed by atoms with Gasteiger partial charge in [0.25, 0.3) is 0 Å². The molecule has 1 unspecified atom stereocenters. The maximum Gasteiger partial charge on any atom is 0.161 e. The zero-order valence-corrected chi connectivity index (χ0v) is 4.90. The standard InChI is InChI=1S/C5H10O4/c6-2-1-4(3-7)5(8)9/h3-6,8-9H,1-2H2. The molecule has 0 aliphatic rings. The Morgan fingerprint density at radius 1 is 1.44 bits per heavy atom. The van der Waals surface area contributed by atoms with E-state index in [0.29, 0.717) is 6.29 Å². The van der Waals surface area contributed by atoms with Crippen LogP contribution in [0, 0.1) is 5.92 Å². The lowest BCUT2D eigenvalue weighted by Gasteiger charge is -2.08. The number of hydrogen-bond donors (Lipinski definition) is 3. The first-order valence-electron chi connectivity index (χ1n) is 2.64. The molecule has 54 valence electrons. The Hall–Kier alpha value is -0.450. The zero-order chi connectivity index (χ0) is 7.28. The van der Waals surface area contributed by atoms with Gasteiger partial charge in [-0.3, -0.25) is 0 Å². The molecule has 9 heavy (non-hydrogen) atoms. The van der Waals surface area contributed by atoms with E-state index in [9.17, 15) is 4.79 Å². The molecule has 0 saturated heterocycles. The van der Waals surface area contributed by atoms with Crippen molar-refractivity contribution in [2.45, 2.75) is 12.7 Å². The van der Waals surface area contributed by atoms with Crippen molar-refractivity contribution in [3.8, 4) is 0 Å². The van der Waals surface area contributed by atoms with Gasteiger partial charge in [0.05, 0.1) is 5.92 Å². The molecule has 0 heterocycles. The molecule has 0 spiro atoms. The van der Waals surface area contributed by atoms with Gasteiger partial charge in [-0.2, -0.15) is 0 Å². The molecule has 4 heteroatoms. The van der Waals surface area contributed by atoms with Crippen LogP contribution >= 0.6 is 0 Å². The van der Waals surface area contributed by atoms with Crippen molar-refractivity contribution in [1.29, 1.82) is 0 Å². The van der Waals surface area contributed by atoms with Gasteiger partial charge in [0, 0.05) is 6.61 Å². The highest BCUT2D eigenvalue weighted by atomic mass is 16.5. The van der Waals surface area contributed by atoms with Crippen LogP contribution in [0.3, 0.4) is 0 Å². The predicted molar refractivity (Wildman–Crippen MR) is 29.5 cm³/mol. The minimum atomic E-state index is -1.64. The Kier molecular flexibility index (Phi) is 4.21. The van der Waals surface area contributed by atoms with Crippen molar-refractivity contribution in [3.05, 3.63) is 0 Å². The third kappa shape index (κ3) is 3.18. The first-order valence-corrected chi connectivity index (χ1v) is 2.64. The Balaban J connectivity index is 3.54. The van der Waals surface area contributed by atoms with Crippen LogP contribution in [0.15, 0.2) is 0 Å². The SMILES string of the molecule is O=CC(CCO)C(O)O. The lowest BCUT2D eigenvalue weighted by molar-refractivity contribution is -0.129. The van der Waals surface area contributed by atoms with Crippen molar-refractivity contribution in [3.63, 3.8) is 0 Å². The number of aliphatic hydroxyl groups is 3. The number of hydrogen-bond acceptors (Lipinski definition) is 4. The van der Waals surface area contributed by atoms with E-state index in [-0.39, 0.29) is 13.0 Å². The van der Waals surface area contributed by atoms with Crippen molar-refractivity contribution in [2.24, 2.45) is 5.92 Å². The van der Waals surface area contributed by atoms with Gasteiger partial charge in [-0.25, -0.2) is 0 Å². The average Bonchev–Trinajstić information content (AvgIpc) is 1.82. The number of rotatable bonds is 4. The first kappa shape index (κ1) is 8.55. The van der Waals surface area contributed by atoms with E-state index < -0.39 is 12.2 Å². The summed E-state index contributed by atoms with van der Waals surface area (Å²) in [6, 6.07) is 0. The van der Waals surface area contributed by atoms with Gasteiger partial charge >= 0.3 is 0 Å². The summed E-state index contributed by atoms with van der Waals surface area (Å²) in [5.74, 6) is -0.852. The third-order valence-corrected chi connectivity index (χ3v) is 1.02. The normalized spacial score (nSPS) is 13.8. The summed E-state index contributed by atoms with van der Waals surface area (Å²) in [5.41, 5.74) is 0. The van der Waals surface area contributed by atoms with Crippen LogP contribution in [0.1, 0.15) is 6.42 Å². The van der Waals surface area contributed by atoms with Crippen molar-refractivity contribution < 1.29 is 20.1 Å². The van der Waals surface area contributed by atoms with Gasteiger partial charge in [0.15, 0.2) is 6.29 Å². The molecule has 1 atom stereocenters. The fraction of sp³-hybridized carbons (Fsp3) is 0.800. The zero-order valence-electron chi connectivity index (χ0n) is 4.90. The van der Waals surface area contributed by atoms with E-state index >= 15 is 0 Å². The third-order valence-electron chi connectivity index (χ3n) is 1.02. The predicted octanol–water partition coefficient (Wildman–Crippen LogP) is -1.51. The van der Waals surface area contributed by atoms with E-state index in [1.807, 2.05) is 0 Å². The van der Waals surface area contributed by atoms with Gasteiger partial charge in [-0.1, -0.05) is 0 Å². The summed E-state index contributed by atoms with van der Waals surface area (Å²) in [7, 11) is 0. The Bertz CT molecular complexity index is 81.0.